The molecule has 1 aromatic rings. The first-order valence-electron chi connectivity index (χ1n) is 7.51. The molecule has 0 radical (unpaired) electrons. The summed E-state index contributed by atoms with van der Waals surface area (Å²) in [7, 11) is 0. The molecule has 3 rings (SSSR count). The molecule has 1 aliphatic carbocycles. The van der Waals surface area contributed by atoms with Crippen LogP contribution in [0.1, 0.15) is 42.9 Å². The monoisotopic (exact) mass is 312 g/mol. The second-order valence-corrected chi connectivity index (χ2v) is 5.90. The molecule has 2 atom stereocenters. The van der Waals surface area contributed by atoms with Crippen LogP contribution in [0.2, 0.25) is 0 Å². The van der Waals surface area contributed by atoms with Crippen molar-refractivity contribution in [2.45, 2.75) is 38.1 Å². The Labute approximate surface area is 131 Å². The van der Waals surface area contributed by atoms with E-state index in [1.807, 2.05) is 6.07 Å². The molecule has 1 aliphatic heterocycles. The molecule has 1 heterocycles. The first-order chi connectivity index (χ1) is 9.72. The number of halogens is 2. The third-order valence-electron chi connectivity index (χ3n) is 4.46. The van der Waals surface area contributed by atoms with Crippen LogP contribution in [0.4, 0.5) is 4.39 Å². The van der Waals surface area contributed by atoms with E-state index in [4.69, 9.17) is 0 Å². The fraction of sp³-hybridized carbons (Fsp3) is 0.562. The van der Waals surface area contributed by atoms with E-state index in [2.05, 4.69) is 10.6 Å². The van der Waals surface area contributed by atoms with Gasteiger partial charge in [-0.1, -0.05) is 6.07 Å². The summed E-state index contributed by atoms with van der Waals surface area (Å²) in [6.07, 6.45) is 4.47. The van der Waals surface area contributed by atoms with Crippen molar-refractivity contribution in [2.75, 3.05) is 13.1 Å². The minimum atomic E-state index is -0.190. The van der Waals surface area contributed by atoms with Crippen molar-refractivity contribution >= 4 is 18.3 Å². The molecule has 5 heteroatoms. The van der Waals surface area contributed by atoms with E-state index in [1.54, 1.807) is 6.07 Å². The molecule has 0 saturated carbocycles. The summed E-state index contributed by atoms with van der Waals surface area (Å²) >= 11 is 0. The second-order valence-electron chi connectivity index (χ2n) is 5.90. The van der Waals surface area contributed by atoms with E-state index in [0.717, 1.165) is 43.5 Å². The molecule has 1 fully saturated rings. The Hall–Kier alpha value is -1.13. The van der Waals surface area contributed by atoms with Gasteiger partial charge in [0.05, 0.1) is 6.04 Å². The fourth-order valence-corrected chi connectivity index (χ4v) is 3.30. The van der Waals surface area contributed by atoms with Crippen LogP contribution in [-0.4, -0.2) is 19.0 Å². The molecule has 0 aromatic heterocycles. The van der Waals surface area contributed by atoms with E-state index in [0.29, 0.717) is 12.3 Å². The van der Waals surface area contributed by atoms with E-state index in [9.17, 15) is 9.18 Å². The van der Waals surface area contributed by atoms with Gasteiger partial charge in [-0.05, 0) is 68.0 Å². The lowest BCUT2D eigenvalue weighted by atomic mass is 10.0. The van der Waals surface area contributed by atoms with Gasteiger partial charge in [0.1, 0.15) is 5.82 Å². The van der Waals surface area contributed by atoms with Crippen LogP contribution in [0.5, 0.6) is 0 Å². The summed E-state index contributed by atoms with van der Waals surface area (Å²) in [4.78, 5) is 12.0. The van der Waals surface area contributed by atoms with Crippen LogP contribution in [-0.2, 0) is 11.2 Å². The number of benzene rings is 1. The van der Waals surface area contributed by atoms with E-state index in [-0.39, 0.29) is 30.2 Å². The Morgan fingerprint density at radius 3 is 3.00 bits per heavy atom. The standard InChI is InChI=1S/C16H21FN2O.ClH/c17-13-3-4-14-12(9-13)2-5-15(14)19-16(20)6-1-11-7-8-18-10-11;/h3-4,9,11,15,18H,1-2,5-8,10H2,(H,19,20);1H. The van der Waals surface area contributed by atoms with Gasteiger partial charge in [-0.3, -0.25) is 4.79 Å². The van der Waals surface area contributed by atoms with Gasteiger partial charge in [0.25, 0.3) is 0 Å². The molecular formula is C16H22ClFN2O. The van der Waals surface area contributed by atoms with Crippen LogP contribution in [0.25, 0.3) is 0 Å². The van der Waals surface area contributed by atoms with Crippen LogP contribution >= 0.6 is 12.4 Å². The zero-order valence-corrected chi connectivity index (χ0v) is 12.8. The van der Waals surface area contributed by atoms with Gasteiger partial charge in [0.2, 0.25) is 5.91 Å². The summed E-state index contributed by atoms with van der Waals surface area (Å²) in [5.41, 5.74) is 2.12. The van der Waals surface area contributed by atoms with Gasteiger partial charge < -0.3 is 10.6 Å². The largest absolute Gasteiger partial charge is 0.349 e. The van der Waals surface area contributed by atoms with E-state index < -0.39 is 0 Å². The number of aryl methyl sites for hydroxylation is 1. The highest BCUT2D eigenvalue weighted by molar-refractivity contribution is 5.85. The maximum absolute atomic E-state index is 13.2. The van der Waals surface area contributed by atoms with Crippen LogP contribution < -0.4 is 10.6 Å². The molecule has 116 valence electrons. The maximum atomic E-state index is 13.2. The molecule has 2 unspecified atom stereocenters. The lowest BCUT2D eigenvalue weighted by Crippen LogP contribution is -2.27. The first kappa shape index (κ1) is 16.2. The lowest BCUT2D eigenvalue weighted by Gasteiger charge is -2.15. The Morgan fingerprint density at radius 2 is 2.24 bits per heavy atom. The maximum Gasteiger partial charge on any atom is 0.220 e. The van der Waals surface area contributed by atoms with Gasteiger partial charge >= 0.3 is 0 Å². The van der Waals surface area contributed by atoms with Gasteiger partial charge in [-0.15, -0.1) is 12.4 Å². The zero-order chi connectivity index (χ0) is 13.9. The van der Waals surface area contributed by atoms with Crippen molar-refractivity contribution in [1.29, 1.82) is 0 Å². The summed E-state index contributed by atoms with van der Waals surface area (Å²) in [5, 5.41) is 6.42. The minimum absolute atomic E-state index is 0. The number of rotatable bonds is 4. The van der Waals surface area contributed by atoms with Gasteiger partial charge in [0.15, 0.2) is 0 Å². The number of carbonyl (C=O) groups excluding carboxylic acids is 1. The SMILES string of the molecule is Cl.O=C(CCC1CCNC1)NC1CCc2cc(F)ccc21. The predicted octanol–water partition coefficient (Wildman–Crippen LogP) is 2.74. The Morgan fingerprint density at radius 1 is 1.38 bits per heavy atom. The Bertz CT molecular complexity index is 503. The van der Waals surface area contributed by atoms with Gasteiger partial charge in [-0.2, -0.15) is 0 Å². The Balaban J connectivity index is 0.00000161. The van der Waals surface area contributed by atoms with Crippen molar-refractivity contribution in [3.05, 3.63) is 35.1 Å². The van der Waals surface area contributed by atoms with Gasteiger partial charge in [-0.25, -0.2) is 4.39 Å². The lowest BCUT2D eigenvalue weighted by molar-refractivity contribution is -0.122. The van der Waals surface area contributed by atoms with E-state index in [1.165, 1.54) is 12.5 Å². The molecule has 0 spiro atoms. The molecule has 1 amide bonds. The predicted molar refractivity (Wildman–Crippen MR) is 83.1 cm³/mol. The van der Waals surface area contributed by atoms with Crippen LogP contribution in [0, 0.1) is 11.7 Å². The highest BCUT2D eigenvalue weighted by Crippen LogP contribution is 2.31. The first-order valence-corrected chi connectivity index (χ1v) is 7.51. The van der Waals surface area contributed by atoms with Crippen molar-refractivity contribution in [1.82, 2.24) is 10.6 Å². The molecule has 1 aromatic carbocycles. The third kappa shape index (κ3) is 3.95. The van der Waals surface area contributed by atoms with Crippen molar-refractivity contribution in [3.63, 3.8) is 0 Å². The average molecular weight is 313 g/mol. The van der Waals surface area contributed by atoms with Crippen LogP contribution in [0.15, 0.2) is 18.2 Å². The highest BCUT2D eigenvalue weighted by Gasteiger charge is 2.24. The number of hydrogen-bond donors (Lipinski definition) is 2. The van der Waals surface area contributed by atoms with Crippen LogP contribution in [0.3, 0.4) is 0 Å². The van der Waals surface area contributed by atoms with Gasteiger partial charge in [0, 0.05) is 6.42 Å². The summed E-state index contributed by atoms with van der Waals surface area (Å²) in [6.45, 7) is 2.12. The molecule has 1 saturated heterocycles. The number of fused-ring (bicyclic) bond motifs is 1. The normalized spacial score (nSPS) is 23.5. The summed E-state index contributed by atoms with van der Waals surface area (Å²) in [6, 6.07) is 4.95. The fourth-order valence-electron chi connectivity index (χ4n) is 3.30. The van der Waals surface area contributed by atoms with E-state index >= 15 is 0 Å². The molecule has 2 N–H and O–H groups in total. The summed E-state index contributed by atoms with van der Waals surface area (Å²) in [5.74, 6) is 0.578. The number of hydrogen-bond acceptors (Lipinski definition) is 2. The number of nitrogens with one attached hydrogen (secondary N) is 2. The van der Waals surface area contributed by atoms with Crippen molar-refractivity contribution in [3.8, 4) is 0 Å². The molecule has 0 bridgehead atoms. The molecular weight excluding hydrogens is 291 g/mol. The molecule has 21 heavy (non-hydrogen) atoms. The third-order valence-corrected chi connectivity index (χ3v) is 4.46. The minimum Gasteiger partial charge on any atom is -0.349 e. The quantitative estimate of drug-likeness (QED) is 0.897. The number of carbonyl (C=O) groups is 1. The summed E-state index contributed by atoms with van der Waals surface area (Å²) < 4.78 is 13.2. The zero-order valence-electron chi connectivity index (χ0n) is 12.0. The molecule has 3 nitrogen and oxygen atoms in total. The molecule has 2 aliphatic rings. The second kappa shape index (κ2) is 7.23. The highest BCUT2D eigenvalue weighted by atomic mass is 35.5. The Kier molecular flexibility index (Phi) is 5.59. The smallest absolute Gasteiger partial charge is 0.220 e. The van der Waals surface area contributed by atoms with Crippen molar-refractivity contribution in [2.24, 2.45) is 5.92 Å². The topological polar surface area (TPSA) is 41.1 Å². The average Bonchev–Trinajstić information content (AvgIpc) is 3.06. The van der Waals surface area contributed by atoms with Crippen molar-refractivity contribution < 1.29 is 9.18 Å². The number of amides is 1.